The molecule has 1 aliphatic carbocycles. The second-order valence-corrected chi connectivity index (χ2v) is 8.56. The van der Waals surface area contributed by atoms with E-state index in [9.17, 15) is 4.79 Å². The highest BCUT2D eigenvalue weighted by atomic mass is 16.4. The number of rotatable bonds is 3. The van der Waals surface area contributed by atoms with Crippen LogP contribution in [0.1, 0.15) is 50.7 Å². The van der Waals surface area contributed by atoms with Gasteiger partial charge in [0, 0.05) is 16.6 Å². The molecule has 1 aliphatic rings. The first-order chi connectivity index (χ1) is 12.3. The Bertz CT molecular complexity index is 971. The van der Waals surface area contributed by atoms with Crippen LogP contribution >= 0.6 is 0 Å². The van der Waals surface area contributed by atoms with Gasteiger partial charge in [-0.25, -0.2) is 0 Å². The van der Waals surface area contributed by atoms with Gasteiger partial charge in [-0.2, -0.15) is 0 Å². The van der Waals surface area contributed by atoms with Gasteiger partial charge in [0.15, 0.2) is 0 Å². The number of nitrogens with one attached hydrogen (secondary N) is 1. The summed E-state index contributed by atoms with van der Waals surface area (Å²) in [5, 5.41) is 10.3. The van der Waals surface area contributed by atoms with Gasteiger partial charge in [-0.3, -0.25) is 4.79 Å². The SMILES string of the molecule is CC(C)(C)c1cccc(-c2cc3cc(C4CC(C(=O)O)C4)ccc3[nH]2)c1. The zero-order chi connectivity index (χ0) is 18.5. The third-order valence-corrected chi connectivity index (χ3v) is 5.64. The van der Waals surface area contributed by atoms with E-state index in [1.54, 1.807) is 0 Å². The normalized spacial score (nSPS) is 20.1. The number of hydrogen-bond acceptors (Lipinski definition) is 1. The van der Waals surface area contributed by atoms with Crippen LogP contribution < -0.4 is 0 Å². The summed E-state index contributed by atoms with van der Waals surface area (Å²) in [4.78, 5) is 14.5. The van der Waals surface area contributed by atoms with Crippen molar-refractivity contribution in [3.05, 3.63) is 59.7 Å². The van der Waals surface area contributed by atoms with Crippen molar-refractivity contribution in [1.82, 2.24) is 4.98 Å². The largest absolute Gasteiger partial charge is 0.481 e. The predicted molar refractivity (Wildman–Crippen MR) is 106 cm³/mol. The monoisotopic (exact) mass is 347 g/mol. The molecule has 1 aromatic heterocycles. The molecule has 1 heterocycles. The second-order valence-electron chi connectivity index (χ2n) is 8.56. The third-order valence-electron chi connectivity index (χ3n) is 5.64. The molecule has 3 nitrogen and oxygen atoms in total. The van der Waals surface area contributed by atoms with Gasteiger partial charge in [0.2, 0.25) is 0 Å². The van der Waals surface area contributed by atoms with Gasteiger partial charge in [0.1, 0.15) is 0 Å². The highest BCUT2D eigenvalue weighted by Crippen LogP contribution is 2.42. The first-order valence-electron chi connectivity index (χ1n) is 9.27. The lowest BCUT2D eigenvalue weighted by Gasteiger charge is -2.32. The Morgan fingerprint density at radius 3 is 2.54 bits per heavy atom. The summed E-state index contributed by atoms with van der Waals surface area (Å²) in [5.41, 5.74) is 6.15. The van der Waals surface area contributed by atoms with E-state index in [0.29, 0.717) is 5.92 Å². The Balaban J connectivity index is 1.64. The topological polar surface area (TPSA) is 53.1 Å². The Morgan fingerprint density at radius 2 is 1.85 bits per heavy atom. The molecule has 0 radical (unpaired) electrons. The third kappa shape index (κ3) is 3.03. The molecule has 0 bridgehead atoms. The molecule has 0 aliphatic heterocycles. The number of H-pyrrole nitrogens is 1. The van der Waals surface area contributed by atoms with Crippen LogP contribution in [0.25, 0.3) is 22.2 Å². The molecule has 0 saturated heterocycles. The Hall–Kier alpha value is -2.55. The molecule has 3 aromatic rings. The van der Waals surface area contributed by atoms with Crippen LogP contribution in [-0.4, -0.2) is 16.1 Å². The molecular formula is C23H25NO2. The Kier molecular flexibility index (Phi) is 3.91. The molecule has 1 fully saturated rings. The molecule has 134 valence electrons. The number of carboxylic acid groups (broad SMARTS) is 1. The molecule has 3 heteroatoms. The van der Waals surface area contributed by atoms with Gasteiger partial charge in [-0.05, 0) is 65.1 Å². The van der Waals surface area contributed by atoms with E-state index in [1.807, 2.05) is 0 Å². The van der Waals surface area contributed by atoms with E-state index in [1.165, 1.54) is 22.1 Å². The maximum Gasteiger partial charge on any atom is 0.306 e. The summed E-state index contributed by atoms with van der Waals surface area (Å²) in [5.74, 6) is -0.453. The minimum absolute atomic E-state index is 0.125. The van der Waals surface area contributed by atoms with Crippen molar-refractivity contribution >= 4 is 16.9 Å². The predicted octanol–water partition coefficient (Wildman–Crippen LogP) is 5.71. The smallest absolute Gasteiger partial charge is 0.306 e. The zero-order valence-corrected chi connectivity index (χ0v) is 15.5. The Morgan fingerprint density at radius 1 is 1.08 bits per heavy atom. The van der Waals surface area contributed by atoms with E-state index in [2.05, 4.69) is 74.3 Å². The molecule has 2 aromatic carbocycles. The summed E-state index contributed by atoms with van der Waals surface area (Å²) < 4.78 is 0. The lowest BCUT2D eigenvalue weighted by Crippen LogP contribution is -2.28. The van der Waals surface area contributed by atoms with E-state index < -0.39 is 5.97 Å². The molecule has 2 N–H and O–H groups in total. The first-order valence-corrected chi connectivity index (χ1v) is 9.27. The number of fused-ring (bicyclic) bond motifs is 1. The maximum atomic E-state index is 11.0. The summed E-state index contributed by atoms with van der Waals surface area (Å²) >= 11 is 0. The molecule has 0 unspecified atom stereocenters. The van der Waals surface area contributed by atoms with Crippen molar-refractivity contribution in [3.63, 3.8) is 0 Å². The van der Waals surface area contributed by atoms with Crippen LogP contribution in [0.2, 0.25) is 0 Å². The van der Waals surface area contributed by atoms with E-state index >= 15 is 0 Å². The quantitative estimate of drug-likeness (QED) is 0.637. The minimum atomic E-state index is -0.662. The van der Waals surface area contributed by atoms with E-state index in [4.69, 9.17) is 5.11 Å². The van der Waals surface area contributed by atoms with Gasteiger partial charge >= 0.3 is 5.97 Å². The fourth-order valence-electron chi connectivity index (χ4n) is 3.81. The van der Waals surface area contributed by atoms with Gasteiger partial charge in [-0.1, -0.05) is 45.0 Å². The fraction of sp³-hybridized carbons (Fsp3) is 0.348. The minimum Gasteiger partial charge on any atom is -0.481 e. The number of benzene rings is 2. The van der Waals surface area contributed by atoms with E-state index in [-0.39, 0.29) is 11.3 Å². The van der Waals surface area contributed by atoms with Gasteiger partial charge in [-0.15, -0.1) is 0 Å². The number of aromatic amines is 1. The average molecular weight is 347 g/mol. The van der Waals surface area contributed by atoms with Gasteiger partial charge < -0.3 is 10.1 Å². The van der Waals surface area contributed by atoms with E-state index in [0.717, 1.165) is 24.1 Å². The molecule has 0 atom stereocenters. The zero-order valence-electron chi connectivity index (χ0n) is 15.5. The Labute approximate surface area is 154 Å². The van der Waals surface area contributed by atoms with Crippen LogP contribution in [0.4, 0.5) is 0 Å². The highest BCUT2D eigenvalue weighted by Gasteiger charge is 2.35. The van der Waals surface area contributed by atoms with Crippen LogP contribution in [-0.2, 0) is 10.2 Å². The van der Waals surface area contributed by atoms with Crippen LogP contribution in [0.3, 0.4) is 0 Å². The highest BCUT2D eigenvalue weighted by molar-refractivity contribution is 5.86. The first kappa shape index (κ1) is 16.9. The lowest BCUT2D eigenvalue weighted by atomic mass is 9.71. The second kappa shape index (κ2) is 6.01. The van der Waals surface area contributed by atoms with Crippen molar-refractivity contribution in [3.8, 4) is 11.3 Å². The molecule has 0 spiro atoms. The number of hydrogen-bond donors (Lipinski definition) is 2. The van der Waals surface area contributed by atoms with Crippen molar-refractivity contribution in [2.45, 2.75) is 44.9 Å². The summed E-state index contributed by atoms with van der Waals surface area (Å²) in [7, 11) is 0. The molecule has 4 rings (SSSR count). The van der Waals surface area contributed by atoms with Gasteiger partial charge in [0.05, 0.1) is 5.92 Å². The number of aromatic nitrogens is 1. The van der Waals surface area contributed by atoms with Gasteiger partial charge in [0.25, 0.3) is 0 Å². The molecule has 1 saturated carbocycles. The summed E-state index contributed by atoms with van der Waals surface area (Å²) in [6.45, 7) is 6.69. The maximum absolute atomic E-state index is 11.0. The number of carbonyl (C=O) groups is 1. The number of aliphatic carboxylic acids is 1. The van der Waals surface area contributed by atoms with Crippen LogP contribution in [0.15, 0.2) is 48.5 Å². The number of carboxylic acids is 1. The fourth-order valence-corrected chi connectivity index (χ4v) is 3.81. The summed E-state index contributed by atoms with van der Waals surface area (Å²) in [6.07, 6.45) is 1.51. The summed E-state index contributed by atoms with van der Waals surface area (Å²) in [6, 6.07) is 17.4. The van der Waals surface area contributed by atoms with Crippen molar-refractivity contribution in [2.75, 3.05) is 0 Å². The van der Waals surface area contributed by atoms with Crippen LogP contribution in [0, 0.1) is 5.92 Å². The van der Waals surface area contributed by atoms with Crippen molar-refractivity contribution < 1.29 is 9.90 Å². The lowest BCUT2D eigenvalue weighted by molar-refractivity contribution is -0.145. The molecular weight excluding hydrogens is 322 g/mol. The molecule has 26 heavy (non-hydrogen) atoms. The average Bonchev–Trinajstić information content (AvgIpc) is 2.96. The van der Waals surface area contributed by atoms with Crippen LogP contribution in [0.5, 0.6) is 0 Å². The van der Waals surface area contributed by atoms with Crippen molar-refractivity contribution in [1.29, 1.82) is 0 Å². The standard InChI is InChI=1S/C23H25NO2/c1-23(2,3)19-6-4-5-15(12-19)21-13-17-9-14(7-8-20(17)24-21)16-10-18(11-16)22(25)26/h4-9,12-13,16,18,24H,10-11H2,1-3H3,(H,25,26). The van der Waals surface area contributed by atoms with Crippen molar-refractivity contribution in [2.24, 2.45) is 5.92 Å². The molecule has 0 amide bonds.